The highest BCUT2D eigenvalue weighted by atomic mass is 14.8. The predicted octanol–water partition coefficient (Wildman–Crippen LogP) is 2.52. The summed E-state index contributed by atoms with van der Waals surface area (Å²) in [6, 6.07) is 0.540. The minimum atomic E-state index is 0.367. The Morgan fingerprint density at radius 3 is 2.69 bits per heavy atom. The van der Waals surface area contributed by atoms with Gasteiger partial charge >= 0.3 is 0 Å². The average Bonchev–Trinajstić information content (AvgIpc) is 2.98. The zero-order valence-electron chi connectivity index (χ0n) is 10.9. The fourth-order valence-electron chi connectivity index (χ4n) is 3.58. The molecular formula is C14H28N2. The lowest BCUT2D eigenvalue weighted by molar-refractivity contribution is 0.228. The molecule has 0 radical (unpaired) electrons. The summed E-state index contributed by atoms with van der Waals surface area (Å²) in [5.41, 5.74) is 12.4. The summed E-state index contributed by atoms with van der Waals surface area (Å²) >= 11 is 0. The molecule has 2 heteroatoms. The van der Waals surface area contributed by atoms with E-state index in [2.05, 4.69) is 13.8 Å². The van der Waals surface area contributed by atoms with E-state index in [4.69, 9.17) is 11.5 Å². The first kappa shape index (κ1) is 12.4. The summed E-state index contributed by atoms with van der Waals surface area (Å²) in [6.07, 6.45) is 8.07. The van der Waals surface area contributed by atoms with Crippen LogP contribution >= 0.6 is 0 Å². The molecule has 4 N–H and O–H groups in total. The van der Waals surface area contributed by atoms with Crippen molar-refractivity contribution in [2.24, 2.45) is 34.6 Å². The monoisotopic (exact) mass is 224 g/mol. The second kappa shape index (κ2) is 4.66. The Kier molecular flexibility index (Phi) is 3.60. The van der Waals surface area contributed by atoms with Crippen LogP contribution in [-0.2, 0) is 0 Å². The highest BCUT2D eigenvalue weighted by Gasteiger charge is 2.52. The van der Waals surface area contributed by atoms with Crippen molar-refractivity contribution in [2.45, 2.75) is 58.4 Å². The van der Waals surface area contributed by atoms with Gasteiger partial charge in [0.1, 0.15) is 0 Å². The number of hydrogen-bond acceptors (Lipinski definition) is 2. The molecule has 2 fully saturated rings. The zero-order chi connectivity index (χ0) is 11.8. The molecule has 2 rings (SSSR count). The summed E-state index contributed by atoms with van der Waals surface area (Å²) in [7, 11) is 0. The van der Waals surface area contributed by atoms with Crippen molar-refractivity contribution in [3.05, 3.63) is 0 Å². The zero-order valence-corrected chi connectivity index (χ0v) is 10.9. The molecule has 5 atom stereocenters. The lowest BCUT2D eigenvalue weighted by Gasteiger charge is -2.30. The molecule has 5 unspecified atom stereocenters. The van der Waals surface area contributed by atoms with Gasteiger partial charge in [-0.05, 0) is 55.4 Å². The lowest BCUT2D eigenvalue weighted by atomic mass is 9.77. The summed E-state index contributed by atoms with van der Waals surface area (Å²) in [5.74, 6) is 2.66. The van der Waals surface area contributed by atoms with E-state index in [-0.39, 0.29) is 0 Å². The normalized spacial score (nSPS) is 41.2. The van der Waals surface area contributed by atoms with Gasteiger partial charge in [0.25, 0.3) is 0 Å². The van der Waals surface area contributed by atoms with Gasteiger partial charge in [0.2, 0.25) is 0 Å². The molecule has 2 aliphatic rings. The van der Waals surface area contributed by atoms with Crippen LogP contribution in [0.3, 0.4) is 0 Å². The molecule has 2 nitrogen and oxygen atoms in total. The molecule has 0 aromatic heterocycles. The fourth-order valence-corrected chi connectivity index (χ4v) is 3.58. The van der Waals surface area contributed by atoms with Crippen LogP contribution in [0.25, 0.3) is 0 Å². The molecule has 2 saturated carbocycles. The Bertz CT molecular complexity index is 235. The Balaban J connectivity index is 1.81. The number of rotatable bonds is 5. The van der Waals surface area contributed by atoms with Crippen molar-refractivity contribution >= 4 is 0 Å². The fraction of sp³-hybridized carbons (Fsp3) is 1.00. The second-order valence-corrected chi connectivity index (χ2v) is 6.42. The summed E-state index contributed by atoms with van der Waals surface area (Å²) < 4.78 is 0. The molecule has 2 aliphatic carbocycles. The van der Waals surface area contributed by atoms with E-state index in [9.17, 15) is 0 Å². The molecule has 0 aliphatic heterocycles. The minimum Gasteiger partial charge on any atom is -0.330 e. The van der Waals surface area contributed by atoms with E-state index < -0.39 is 0 Å². The van der Waals surface area contributed by atoms with Crippen LogP contribution in [-0.4, -0.2) is 12.6 Å². The predicted molar refractivity (Wildman–Crippen MR) is 69.0 cm³/mol. The van der Waals surface area contributed by atoms with Gasteiger partial charge in [-0.15, -0.1) is 0 Å². The van der Waals surface area contributed by atoms with Gasteiger partial charge in [0.05, 0.1) is 0 Å². The molecule has 0 heterocycles. The third-order valence-corrected chi connectivity index (χ3v) is 5.41. The Hall–Kier alpha value is -0.0800. The first-order valence-electron chi connectivity index (χ1n) is 7.07. The van der Waals surface area contributed by atoms with E-state index in [1.807, 2.05) is 0 Å². The van der Waals surface area contributed by atoms with Gasteiger partial charge in [-0.3, -0.25) is 0 Å². The maximum Gasteiger partial charge on any atom is 0.0105 e. The van der Waals surface area contributed by atoms with Crippen LogP contribution in [0, 0.1) is 23.2 Å². The molecule has 0 amide bonds. The smallest absolute Gasteiger partial charge is 0.0105 e. The van der Waals surface area contributed by atoms with E-state index >= 15 is 0 Å². The largest absolute Gasteiger partial charge is 0.330 e. The summed E-state index contributed by atoms with van der Waals surface area (Å²) in [4.78, 5) is 0. The van der Waals surface area contributed by atoms with Gasteiger partial charge in [-0.2, -0.15) is 0 Å². The topological polar surface area (TPSA) is 52.0 Å². The number of hydrogen-bond donors (Lipinski definition) is 2. The molecule has 94 valence electrons. The van der Waals surface area contributed by atoms with Gasteiger partial charge in [0, 0.05) is 6.04 Å². The Morgan fingerprint density at radius 2 is 2.06 bits per heavy atom. The van der Waals surface area contributed by atoms with Gasteiger partial charge in [-0.1, -0.05) is 26.7 Å². The summed E-state index contributed by atoms with van der Waals surface area (Å²) in [5, 5.41) is 0. The molecule has 16 heavy (non-hydrogen) atoms. The van der Waals surface area contributed by atoms with Crippen molar-refractivity contribution < 1.29 is 0 Å². The van der Waals surface area contributed by atoms with Crippen molar-refractivity contribution in [1.29, 1.82) is 0 Å². The third-order valence-electron chi connectivity index (χ3n) is 5.41. The molecule has 0 aromatic carbocycles. The van der Waals surface area contributed by atoms with Crippen molar-refractivity contribution in [3.8, 4) is 0 Å². The number of nitrogens with two attached hydrogens (primary N) is 2. The van der Waals surface area contributed by atoms with Crippen LogP contribution < -0.4 is 11.5 Å². The van der Waals surface area contributed by atoms with E-state index in [0.29, 0.717) is 11.5 Å². The van der Waals surface area contributed by atoms with Crippen molar-refractivity contribution in [2.75, 3.05) is 6.54 Å². The Morgan fingerprint density at radius 1 is 1.31 bits per heavy atom. The molecular weight excluding hydrogens is 196 g/mol. The van der Waals surface area contributed by atoms with Crippen molar-refractivity contribution in [1.82, 2.24) is 0 Å². The first-order chi connectivity index (χ1) is 7.61. The van der Waals surface area contributed by atoms with Crippen LogP contribution in [0.4, 0.5) is 0 Å². The molecule has 0 aromatic rings. The lowest BCUT2D eigenvalue weighted by Crippen LogP contribution is -2.27. The van der Waals surface area contributed by atoms with Gasteiger partial charge in [-0.25, -0.2) is 0 Å². The van der Waals surface area contributed by atoms with E-state index in [1.165, 1.54) is 38.5 Å². The molecule has 0 bridgehead atoms. The Labute approximate surface area is 100 Å². The molecule has 0 spiro atoms. The van der Waals surface area contributed by atoms with E-state index in [0.717, 1.165) is 24.3 Å². The highest BCUT2D eigenvalue weighted by Crippen LogP contribution is 2.53. The van der Waals surface area contributed by atoms with Crippen LogP contribution in [0.1, 0.15) is 52.4 Å². The SMILES string of the molecule is CCC(C)(CN)CCC1CCCC2C(N)C12. The highest BCUT2D eigenvalue weighted by molar-refractivity contribution is 5.06. The third kappa shape index (κ3) is 2.28. The second-order valence-electron chi connectivity index (χ2n) is 6.42. The summed E-state index contributed by atoms with van der Waals surface area (Å²) in [6.45, 7) is 5.43. The minimum absolute atomic E-state index is 0.367. The van der Waals surface area contributed by atoms with E-state index in [1.54, 1.807) is 0 Å². The molecule has 0 saturated heterocycles. The van der Waals surface area contributed by atoms with Gasteiger partial charge in [0.15, 0.2) is 0 Å². The van der Waals surface area contributed by atoms with Gasteiger partial charge < -0.3 is 11.5 Å². The number of fused-ring (bicyclic) bond motifs is 1. The maximum absolute atomic E-state index is 6.14. The van der Waals surface area contributed by atoms with Crippen molar-refractivity contribution in [3.63, 3.8) is 0 Å². The maximum atomic E-state index is 6.14. The van der Waals surface area contributed by atoms with Crippen LogP contribution in [0.5, 0.6) is 0 Å². The standard InChI is InChI=1S/C14H28N2/c1-3-14(2,9-15)8-7-10-5-4-6-11-12(10)13(11)16/h10-13H,3-9,15-16H2,1-2H3. The average molecular weight is 224 g/mol. The quantitative estimate of drug-likeness (QED) is 0.754. The van der Waals surface area contributed by atoms with Crippen LogP contribution in [0.15, 0.2) is 0 Å². The van der Waals surface area contributed by atoms with Crippen LogP contribution in [0.2, 0.25) is 0 Å². The first-order valence-corrected chi connectivity index (χ1v) is 7.07.